The minimum atomic E-state index is -0.202. The van der Waals surface area contributed by atoms with Gasteiger partial charge in [0, 0.05) is 11.3 Å². The Hall–Kier alpha value is -3.03. The van der Waals surface area contributed by atoms with Gasteiger partial charge < -0.3 is 5.11 Å². The van der Waals surface area contributed by atoms with Crippen LogP contribution in [0.5, 0.6) is 0 Å². The molecule has 4 rings (SSSR count). The lowest BCUT2D eigenvalue weighted by Crippen LogP contribution is -2.19. The van der Waals surface area contributed by atoms with Crippen molar-refractivity contribution < 1.29 is 5.11 Å². The van der Waals surface area contributed by atoms with Gasteiger partial charge in [-0.1, -0.05) is 53.8 Å². The smallest absolute Gasteiger partial charge is 0.283 e. The van der Waals surface area contributed by atoms with Gasteiger partial charge in [0.25, 0.3) is 5.56 Å². The number of aromatic amines is 1. The molecule has 0 bridgehead atoms. The number of aliphatic hydroxyl groups excluding tert-OH is 1. The third-order valence-corrected chi connectivity index (χ3v) is 5.26. The molecule has 2 aromatic carbocycles. The second kappa shape index (κ2) is 7.30. The summed E-state index contributed by atoms with van der Waals surface area (Å²) in [6.45, 7) is 1.98. The van der Waals surface area contributed by atoms with E-state index in [9.17, 15) is 4.79 Å². The highest BCUT2D eigenvalue weighted by Gasteiger charge is 2.20. The van der Waals surface area contributed by atoms with Crippen LogP contribution in [0, 0.1) is 0 Å². The molecule has 0 saturated carbocycles. The molecular formula is C20H18N4O2S. The van der Waals surface area contributed by atoms with Gasteiger partial charge in [-0.2, -0.15) is 4.68 Å². The fourth-order valence-corrected chi connectivity index (χ4v) is 3.90. The first-order valence-corrected chi connectivity index (χ1v) is 9.39. The molecular weight excluding hydrogens is 360 g/mol. The number of benzene rings is 2. The molecule has 0 amide bonds. The van der Waals surface area contributed by atoms with Crippen molar-refractivity contribution in [3.8, 4) is 16.4 Å². The van der Waals surface area contributed by atoms with Crippen molar-refractivity contribution >= 4 is 27.3 Å². The van der Waals surface area contributed by atoms with E-state index in [4.69, 9.17) is 5.11 Å². The summed E-state index contributed by atoms with van der Waals surface area (Å²) >= 11 is 1.45. The lowest BCUT2D eigenvalue weighted by molar-refractivity contribution is 0.307. The summed E-state index contributed by atoms with van der Waals surface area (Å²) in [5, 5.41) is 12.9. The summed E-state index contributed by atoms with van der Waals surface area (Å²) in [5.74, 6) is 0. The van der Waals surface area contributed by atoms with E-state index in [1.807, 2.05) is 54.6 Å². The predicted molar refractivity (Wildman–Crippen MR) is 109 cm³/mol. The van der Waals surface area contributed by atoms with Crippen LogP contribution in [0.3, 0.4) is 0 Å². The number of aliphatic hydroxyl groups is 1. The molecule has 2 N–H and O–H groups in total. The fraction of sp³-hybridized carbons (Fsp3) is 0.150. The molecule has 0 unspecified atom stereocenters. The van der Waals surface area contributed by atoms with E-state index in [2.05, 4.69) is 15.1 Å². The number of aromatic nitrogens is 3. The van der Waals surface area contributed by atoms with Gasteiger partial charge in [0.15, 0.2) is 0 Å². The van der Waals surface area contributed by atoms with Crippen LogP contribution in [0.2, 0.25) is 0 Å². The van der Waals surface area contributed by atoms with Crippen LogP contribution in [0.4, 0.5) is 0 Å². The molecule has 0 fully saturated rings. The van der Waals surface area contributed by atoms with E-state index in [0.29, 0.717) is 22.1 Å². The zero-order valence-electron chi connectivity index (χ0n) is 14.7. The number of para-hydroxylation sites is 1. The number of H-pyrrole nitrogens is 1. The Morgan fingerprint density at radius 1 is 1.19 bits per heavy atom. The van der Waals surface area contributed by atoms with E-state index in [1.54, 1.807) is 6.92 Å². The quantitative estimate of drug-likeness (QED) is 0.523. The van der Waals surface area contributed by atoms with Gasteiger partial charge in [-0.25, -0.2) is 4.98 Å². The number of nitrogens with zero attached hydrogens (tertiary/aromatic N) is 3. The fourth-order valence-electron chi connectivity index (χ4n) is 2.97. The summed E-state index contributed by atoms with van der Waals surface area (Å²) in [5.41, 5.74) is 3.32. The lowest BCUT2D eigenvalue weighted by atomic mass is 10.1. The summed E-state index contributed by atoms with van der Waals surface area (Å²) in [6, 6.07) is 17.4. The number of hydrogen-bond acceptors (Lipinski definition) is 5. The van der Waals surface area contributed by atoms with Crippen LogP contribution in [0.15, 0.2) is 64.4 Å². The second-order valence-corrected chi connectivity index (χ2v) is 7.03. The number of thiazole rings is 1. The van der Waals surface area contributed by atoms with Crippen LogP contribution in [0.25, 0.3) is 26.6 Å². The number of aliphatic imine (C=N–C) groups is 1. The van der Waals surface area contributed by atoms with Gasteiger partial charge in [-0.3, -0.25) is 14.9 Å². The zero-order valence-corrected chi connectivity index (χ0v) is 15.5. The molecule has 0 aliphatic rings. The van der Waals surface area contributed by atoms with Crippen molar-refractivity contribution in [1.82, 2.24) is 14.8 Å². The van der Waals surface area contributed by atoms with Crippen LogP contribution in [0.1, 0.15) is 12.5 Å². The van der Waals surface area contributed by atoms with Crippen molar-refractivity contribution in [2.75, 3.05) is 13.2 Å². The topological polar surface area (TPSA) is 83.3 Å². The first-order chi connectivity index (χ1) is 13.2. The summed E-state index contributed by atoms with van der Waals surface area (Å²) < 4.78 is 2.49. The maximum absolute atomic E-state index is 13.2. The second-order valence-electron chi connectivity index (χ2n) is 6.02. The van der Waals surface area contributed by atoms with Crippen molar-refractivity contribution in [3.05, 3.63) is 70.5 Å². The van der Waals surface area contributed by atoms with Crippen LogP contribution in [-0.4, -0.2) is 38.7 Å². The Morgan fingerprint density at radius 2 is 1.93 bits per heavy atom. The first kappa shape index (κ1) is 17.4. The first-order valence-electron chi connectivity index (χ1n) is 8.57. The highest BCUT2D eigenvalue weighted by atomic mass is 32.1. The summed E-state index contributed by atoms with van der Waals surface area (Å²) in [4.78, 5) is 22.1. The monoisotopic (exact) mass is 378 g/mol. The third kappa shape index (κ3) is 3.22. The average Bonchev–Trinajstić information content (AvgIpc) is 3.27. The maximum atomic E-state index is 13.2. The third-order valence-electron chi connectivity index (χ3n) is 4.24. The zero-order chi connectivity index (χ0) is 18.8. The number of fused-ring (bicyclic) bond motifs is 1. The molecule has 2 aromatic heterocycles. The summed E-state index contributed by atoms with van der Waals surface area (Å²) in [7, 11) is 0. The van der Waals surface area contributed by atoms with E-state index >= 15 is 0 Å². The molecule has 136 valence electrons. The molecule has 0 aliphatic carbocycles. The van der Waals surface area contributed by atoms with Gasteiger partial charge in [-0.05, 0) is 19.1 Å². The van der Waals surface area contributed by atoms with Crippen molar-refractivity contribution in [1.29, 1.82) is 0 Å². The molecule has 2 heterocycles. The molecule has 0 saturated heterocycles. The van der Waals surface area contributed by atoms with E-state index in [0.717, 1.165) is 15.8 Å². The Kier molecular flexibility index (Phi) is 4.70. The average molecular weight is 378 g/mol. The Labute approximate surface area is 159 Å². The highest BCUT2D eigenvalue weighted by Crippen LogP contribution is 2.26. The molecule has 0 aliphatic heterocycles. The standard InChI is InChI=1S/C20H18N4O2S/c1-13(21-11-12-25)17-18(14-7-3-2-4-8-14)23-24(19(17)26)20-22-15-9-5-6-10-16(15)27-20/h2-10,23,25H,11-12H2,1H3. The Balaban J connectivity index is 1.93. The van der Waals surface area contributed by atoms with Gasteiger partial charge in [-0.15, -0.1) is 0 Å². The van der Waals surface area contributed by atoms with Crippen molar-refractivity contribution in [2.45, 2.75) is 6.92 Å². The lowest BCUT2D eigenvalue weighted by Gasteiger charge is -2.02. The molecule has 0 spiro atoms. The van der Waals surface area contributed by atoms with Crippen molar-refractivity contribution in [3.63, 3.8) is 0 Å². The number of rotatable bonds is 5. The SMILES string of the molecule is CC(=NCCO)c1c(-c2ccccc2)[nH]n(-c2nc3ccccc3s2)c1=O. The maximum Gasteiger partial charge on any atom is 0.283 e. The van der Waals surface area contributed by atoms with E-state index in [-0.39, 0.29) is 18.7 Å². The minimum Gasteiger partial charge on any atom is -0.394 e. The largest absolute Gasteiger partial charge is 0.394 e. The van der Waals surface area contributed by atoms with Gasteiger partial charge in [0.05, 0.1) is 34.6 Å². The Bertz CT molecular complexity index is 1140. The molecule has 6 nitrogen and oxygen atoms in total. The Morgan fingerprint density at radius 3 is 2.67 bits per heavy atom. The number of hydrogen-bond donors (Lipinski definition) is 2. The van der Waals surface area contributed by atoms with Gasteiger partial charge >= 0.3 is 0 Å². The van der Waals surface area contributed by atoms with Crippen LogP contribution < -0.4 is 5.56 Å². The number of nitrogens with one attached hydrogen (secondary N) is 1. The molecule has 27 heavy (non-hydrogen) atoms. The van der Waals surface area contributed by atoms with Gasteiger partial charge in [0.2, 0.25) is 5.13 Å². The highest BCUT2D eigenvalue weighted by molar-refractivity contribution is 7.20. The van der Waals surface area contributed by atoms with Crippen LogP contribution in [-0.2, 0) is 0 Å². The van der Waals surface area contributed by atoms with Gasteiger partial charge in [0.1, 0.15) is 0 Å². The molecule has 4 aromatic rings. The van der Waals surface area contributed by atoms with Crippen LogP contribution >= 0.6 is 11.3 Å². The molecule has 0 atom stereocenters. The molecule has 0 radical (unpaired) electrons. The predicted octanol–water partition coefficient (Wildman–Crippen LogP) is 3.24. The molecule has 7 heteroatoms. The normalized spacial score (nSPS) is 12.0. The van der Waals surface area contributed by atoms with E-state index in [1.165, 1.54) is 16.0 Å². The van der Waals surface area contributed by atoms with E-state index < -0.39 is 0 Å². The van der Waals surface area contributed by atoms with Crippen molar-refractivity contribution in [2.24, 2.45) is 4.99 Å². The minimum absolute atomic E-state index is 0.0610. The summed E-state index contributed by atoms with van der Waals surface area (Å²) in [6.07, 6.45) is 0.